The minimum Gasteiger partial charge on any atom is -0.477 e. The fourth-order valence-corrected chi connectivity index (χ4v) is 4.10. The van der Waals surface area contributed by atoms with Crippen molar-refractivity contribution >= 4 is 34.2 Å². The van der Waals surface area contributed by atoms with Crippen molar-refractivity contribution in [1.82, 2.24) is 4.57 Å². The molecule has 1 aromatic carbocycles. The fraction of sp³-hybridized carbons (Fsp3) is 0.444. The molecule has 6 nitrogen and oxygen atoms in total. The maximum absolute atomic E-state index is 14.9. The zero-order valence-corrected chi connectivity index (χ0v) is 15.0. The molecule has 1 aliphatic heterocycles. The summed E-state index contributed by atoms with van der Waals surface area (Å²) in [6.45, 7) is 3.05. The van der Waals surface area contributed by atoms with Gasteiger partial charge in [0.25, 0.3) is 0 Å². The van der Waals surface area contributed by atoms with Crippen LogP contribution in [0.5, 0.6) is 0 Å². The van der Waals surface area contributed by atoms with Gasteiger partial charge in [-0.25, -0.2) is 9.18 Å². The van der Waals surface area contributed by atoms with E-state index < -0.39 is 17.2 Å². The Morgan fingerprint density at radius 1 is 1.38 bits per heavy atom. The number of anilines is 1. The van der Waals surface area contributed by atoms with Gasteiger partial charge in [0.05, 0.1) is 21.6 Å². The number of nitrogens with zero attached hydrogens (tertiary/aromatic N) is 2. The Morgan fingerprint density at radius 3 is 2.62 bits per heavy atom. The second-order valence-electron chi connectivity index (χ2n) is 7.28. The molecular weight excluding hydrogens is 361 g/mol. The number of rotatable bonds is 3. The second kappa shape index (κ2) is 5.96. The number of fused-ring (bicyclic) bond motifs is 1. The first-order valence-corrected chi connectivity index (χ1v) is 8.98. The van der Waals surface area contributed by atoms with E-state index in [1.54, 1.807) is 9.47 Å². The Kier molecular flexibility index (Phi) is 3.96. The van der Waals surface area contributed by atoms with Crippen LogP contribution in [-0.2, 0) is 0 Å². The predicted molar refractivity (Wildman–Crippen MR) is 97.8 cm³/mol. The summed E-state index contributed by atoms with van der Waals surface area (Å²) in [7, 11) is 0. The minimum absolute atomic E-state index is 0.000376. The first-order valence-electron chi connectivity index (χ1n) is 8.60. The third-order valence-electron chi connectivity index (χ3n) is 5.34. The lowest BCUT2D eigenvalue weighted by molar-refractivity contribution is 0.0695. The molecule has 2 heterocycles. The molecule has 0 spiro atoms. The molecule has 3 N–H and O–H groups in total. The molecule has 2 atom stereocenters. The quantitative estimate of drug-likeness (QED) is 0.855. The molecule has 2 fully saturated rings. The van der Waals surface area contributed by atoms with Gasteiger partial charge in [0.1, 0.15) is 11.4 Å². The summed E-state index contributed by atoms with van der Waals surface area (Å²) in [6.07, 6.45) is 3.06. The van der Waals surface area contributed by atoms with Crippen molar-refractivity contribution in [1.29, 1.82) is 0 Å². The van der Waals surface area contributed by atoms with Crippen LogP contribution in [0.2, 0.25) is 5.02 Å². The molecule has 1 saturated carbocycles. The lowest BCUT2D eigenvalue weighted by Crippen LogP contribution is -2.29. The third kappa shape index (κ3) is 2.57. The highest BCUT2D eigenvalue weighted by atomic mass is 35.5. The Labute approximate surface area is 154 Å². The van der Waals surface area contributed by atoms with Crippen LogP contribution in [0.25, 0.3) is 10.9 Å². The summed E-state index contributed by atoms with van der Waals surface area (Å²) in [5, 5.41) is 9.45. The maximum atomic E-state index is 14.9. The van der Waals surface area contributed by atoms with Gasteiger partial charge in [0.15, 0.2) is 0 Å². The molecule has 0 amide bonds. The van der Waals surface area contributed by atoms with Crippen molar-refractivity contribution in [3.05, 3.63) is 38.9 Å². The molecular formula is C18H19ClFN3O3. The summed E-state index contributed by atoms with van der Waals surface area (Å²) in [6, 6.07) is 1.10. The molecule has 2 aliphatic rings. The molecule has 4 rings (SSSR count). The van der Waals surface area contributed by atoms with E-state index in [-0.39, 0.29) is 39.7 Å². The van der Waals surface area contributed by atoms with Gasteiger partial charge in [0.2, 0.25) is 5.43 Å². The van der Waals surface area contributed by atoms with Crippen molar-refractivity contribution in [2.24, 2.45) is 11.7 Å². The van der Waals surface area contributed by atoms with Crippen LogP contribution in [0, 0.1) is 11.7 Å². The van der Waals surface area contributed by atoms with E-state index in [1.165, 1.54) is 6.20 Å². The van der Waals surface area contributed by atoms with Gasteiger partial charge in [-0.3, -0.25) is 4.79 Å². The lowest BCUT2D eigenvalue weighted by atomic mass is 10.1. The molecule has 2 aromatic rings. The molecule has 26 heavy (non-hydrogen) atoms. The van der Waals surface area contributed by atoms with E-state index in [0.717, 1.165) is 18.9 Å². The van der Waals surface area contributed by atoms with Gasteiger partial charge in [-0.1, -0.05) is 18.5 Å². The van der Waals surface area contributed by atoms with Crippen LogP contribution in [-0.4, -0.2) is 34.8 Å². The Morgan fingerprint density at radius 2 is 2.08 bits per heavy atom. The molecule has 0 radical (unpaired) electrons. The second-order valence-corrected chi connectivity index (χ2v) is 7.66. The van der Waals surface area contributed by atoms with Crippen LogP contribution >= 0.6 is 11.6 Å². The largest absolute Gasteiger partial charge is 0.477 e. The Balaban J connectivity index is 2.00. The van der Waals surface area contributed by atoms with Gasteiger partial charge in [0, 0.05) is 31.4 Å². The van der Waals surface area contributed by atoms with Crippen LogP contribution in [0.3, 0.4) is 0 Å². The van der Waals surface area contributed by atoms with E-state index >= 15 is 0 Å². The number of aromatic carboxylic acids is 1. The highest BCUT2D eigenvalue weighted by Gasteiger charge is 2.33. The fourth-order valence-electron chi connectivity index (χ4n) is 3.69. The highest BCUT2D eigenvalue weighted by Crippen LogP contribution is 2.42. The monoisotopic (exact) mass is 379 g/mol. The molecule has 1 aromatic heterocycles. The van der Waals surface area contributed by atoms with E-state index in [0.29, 0.717) is 18.6 Å². The average Bonchev–Trinajstić information content (AvgIpc) is 3.35. The highest BCUT2D eigenvalue weighted by molar-refractivity contribution is 6.38. The molecule has 1 saturated heterocycles. The topological polar surface area (TPSA) is 88.6 Å². The van der Waals surface area contributed by atoms with Crippen molar-refractivity contribution < 1.29 is 14.3 Å². The number of benzene rings is 1. The van der Waals surface area contributed by atoms with Gasteiger partial charge < -0.3 is 20.3 Å². The normalized spacial score (nSPS) is 23.0. The number of aromatic nitrogens is 1. The maximum Gasteiger partial charge on any atom is 0.341 e. The van der Waals surface area contributed by atoms with Gasteiger partial charge in [-0.2, -0.15) is 0 Å². The standard InChI is InChI=1S/C18H19ClFN3O3/c1-8-5-22(7-13(8)21)16-12(20)4-10-15(14(16)19)23(9-2-3-9)6-11(17(10)24)18(25)26/h4,6,8-9,13H,2-3,5,7,21H2,1H3,(H,25,26)/t8-,13+/m1/s1. The summed E-state index contributed by atoms with van der Waals surface area (Å²) < 4.78 is 16.6. The van der Waals surface area contributed by atoms with Gasteiger partial charge in [-0.05, 0) is 24.8 Å². The zero-order valence-electron chi connectivity index (χ0n) is 14.2. The van der Waals surface area contributed by atoms with E-state index in [2.05, 4.69) is 0 Å². The van der Waals surface area contributed by atoms with Crippen LogP contribution < -0.4 is 16.1 Å². The van der Waals surface area contributed by atoms with Crippen molar-refractivity contribution in [3.8, 4) is 0 Å². The number of halogens is 2. The smallest absolute Gasteiger partial charge is 0.341 e. The zero-order chi connectivity index (χ0) is 18.7. The number of hydrogen-bond donors (Lipinski definition) is 2. The van der Waals surface area contributed by atoms with Crippen molar-refractivity contribution in [2.75, 3.05) is 18.0 Å². The Bertz CT molecular complexity index is 976. The van der Waals surface area contributed by atoms with Crippen LogP contribution in [0.1, 0.15) is 36.2 Å². The molecule has 8 heteroatoms. The van der Waals surface area contributed by atoms with Crippen molar-refractivity contribution in [2.45, 2.75) is 31.8 Å². The number of carboxylic acid groups (broad SMARTS) is 1. The van der Waals surface area contributed by atoms with Crippen molar-refractivity contribution in [3.63, 3.8) is 0 Å². The first kappa shape index (κ1) is 17.3. The summed E-state index contributed by atoms with van der Waals surface area (Å²) in [4.78, 5) is 25.8. The van der Waals surface area contributed by atoms with E-state index in [1.807, 2.05) is 6.92 Å². The first-order chi connectivity index (χ1) is 12.3. The molecule has 0 bridgehead atoms. The van der Waals surface area contributed by atoms with Crippen LogP contribution in [0.15, 0.2) is 17.1 Å². The number of pyridine rings is 1. The number of nitrogens with two attached hydrogens (primary N) is 1. The number of carboxylic acids is 1. The van der Waals surface area contributed by atoms with Gasteiger partial charge in [-0.15, -0.1) is 0 Å². The Hall–Kier alpha value is -2.12. The molecule has 1 aliphatic carbocycles. The summed E-state index contributed by atoms with van der Waals surface area (Å²) in [5.41, 5.74) is 5.60. The van der Waals surface area contributed by atoms with E-state index in [9.17, 15) is 19.1 Å². The van der Waals surface area contributed by atoms with E-state index in [4.69, 9.17) is 17.3 Å². The third-order valence-corrected chi connectivity index (χ3v) is 5.70. The van der Waals surface area contributed by atoms with Crippen LogP contribution in [0.4, 0.5) is 10.1 Å². The summed E-state index contributed by atoms with van der Waals surface area (Å²) in [5.74, 6) is -1.77. The number of hydrogen-bond acceptors (Lipinski definition) is 4. The average molecular weight is 380 g/mol. The summed E-state index contributed by atoms with van der Waals surface area (Å²) >= 11 is 6.57. The lowest BCUT2D eigenvalue weighted by Gasteiger charge is -2.23. The molecule has 138 valence electrons. The number of carbonyl (C=O) groups is 1. The minimum atomic E-state index is -1.33. The predicted octanol–water partition coefficient (Wildman–Crippen LogP) is 2.61. The molecule has 0 unspecified atom stereocenters. The van der Waals surface area contributed by atoms with Gasteiger partial charge >= 0.3 is 5.97 Å². The SMILES string of the molecule is C[C@@H]1CN(c2c(F)cc3c(=O)c(C(=O)O)cn(C4CC4)c3c2Cl)C[C@@H]1N.